The van der Waals surface area contributed by atoms with E-state index in [1.165, 1.54) is 0 Å². The molecule has 0 aliphatic carbocycles. The number of hydrogen-bond acceptors (Lipinski definition) is 3. The lowest BCUT2D eigenvalue weighted by molar-refractivity contribution is -0.137. The molecule has 90 valence electrons. The Morgan fingerprint density at radius 2 is 2.00 bits per heavy atom. The lowest BCUT2D eigenvalue weighted by Crippen LogP contribution is -2.55. The zero-order valence-electron chi connectivity index (χ0n) is 9.74. The highest BCUT2D eigenvalue weighted by atomic mass is 16.2. The van der Waals surface area contributed by atoms with Crippen LogP contribution in [0.4, 0.5) is 0 Å². The number of likely N-dealkylation sites (tertiary alicyclic amines) is 1. The van der Waals surface area contributed by atoms with Gasteiger partial charge in [0, 0.05) is 26.2 Å². The SMILES string of the molecule is CC(C(=O)N1CCCC1)N1CCNC(=O)C1. The number of carbonyl (C=O) groups excluding carboxylic acids is 2. The molecule has 2 heterocycles. The number of carbonyl (C=O) groups is 2. The van der Waals surface area contributed by atoms with Crippen LogP contribution in [0.3, 0.4) is 0 Å². The molecule has 2 rings (SSSR count). The summed E-state index contributed by atoms with van der Waals surface area (Å²) in [5.74, 6) is 0.194. The van der Waals surface area contributed by atoms with Crippen molar-refractivity contribution in [1.82, 2.24) is 15.1 Å². The molecular weight excluding hydrogens is 206 g/mol. The van der Waals surface area contributed by atoms with Crippen molar-refractivity contribution in [1.29, 1.82) is 0 Å². The Kier molecular flexibility index (Phi) is 3.43. The molecule has 2 aliphatic heterocycles. The Morgan fingerprint density at radius 3 is 2.62 bits per heavy atom. The Morgan fingerprint density at radius 1 is 1.31 bits per heavy atom. The van der Waals surface area contributed by atoms with Crippen LogP contribution in [-0.4, -0.2) is 60.4 Å². The molecule has 0 spiro atoms. The molecule has 2 fully saturated rings. The summed E-state index contributed by atoms with van der Waals surface area (Å²) in [4.78, 5) is 27.2. The highest BCUT2D eigenvalue weighted by molar-refractivity contribution is 5.84. The highest BCUT2D eigenvalue weighted by Gasteiger charge is 2.30. The Hall–Kier alpha value is -1.10. The van der Waals surface area contributed by atoms with Gasteiger partial charge in [0.25, 0.3) is 0 Å². The third-order valence-corrected chi connectivity index (χ3v) is 3.39. The van der Waals surface area contributed by atoms with Crippen molar-refractivity contribution in [2.24, 2.45) is 0 Å². The predicted molar refractivity (Wildman–Crippen MR) is 59.9 cm³/mol. The largest absolute Gasteiger partial charge is 0.354 e. The second-order valence-electron chi connectivity index (χ2n) is 4.53. The van der Waals surface area contributed by atoms with E-state index in [4.69, 9.17) is 0 Å². The molecule has 2 aliphatic rings. The molecule has 1 unspecified atom stereocenters. The monoisotopic (exact) mass is 225 g/mol. The summed E-state index contributed by atoms with van der Waals surface area (Å²) in [5.41, 5.74) is 0. The third kappa shape index (κ3) is 2.35. The van der Waals surface area contributed by atoms with E-state index in [0.717, 1.165) is 32.5 Å². The van der Waals surface area contributed by atoms with Gasteiger partial charge in [-0.3, -0.25) is 14.5 Å². The molecule has 5 heteroatoms. The van der Waals surface area contributed by atoms with Crippen molar-refractivity contribution in [3.63, 3.8) is 0 Å². The fourth-order valence-corrected chi connectivity index (χ4v) is 2.35. The molecule has 2 amide bonds. The minimum Gasteiger partial charge on any atom is -0.354 e. The summed E-state index contributed by atoms with van der Waals surface area (Å²) in [6.07, 6.45) is 2.22. The quantitative estimate of drug-likeness (QED) is 0.684. The summed E-state index contributed by atoms with van der Waals surface area (Å²) in [6, 6.07) is -0.163. The smallest absolute Gasteiger partial charge is 0.239 e. The van der Waals surface area contributed by atoms with Crippen molar-refractivity contribution in [2.75, 3.05) is 32.7 Å². The fraction of sp³-hybridized carbons (Fsp3) is 0.818. The van der Waals surface area contributed by atoms with Gasteiger partial charge in [-0.05, 0) is 19.8 Å². The minimum absolute atomic E-state index is 0.0207. The molecule has 0 saturated carbocycles. The molecular formula is C11H19N3O2. The van der Waals surface area contributed by atoms with E-state index in [1.54, 1.807) is 0 Å². The first-order chi connectivity index (χ1) is 7.68. The van der Waals surface area contributed by atoms with Gasteiger partial charge in [-0.25, -0.2) is 0 Å². The highest BCUT2D eigenvalue weighted by Crippen LogP contribution is 2.12. The van der Waals surface area contributed by atoms with Crippen molar-refractivity contribution < 1.29 is 9.59 Å². The first-order valence-corrected chi connectivity index (χ1v) is 5.98. The van der Waals surface area contributed by atoms with E-state index in [0.29, 0.717) is 13.1 Å². The second-order valence-corrected chi connectivity index (χ2v) is 4.53. The van der Waals surface area contributed by atoms with Gasteiger partial charge in [0.15, 0.2) is 0 Å². The van der Waals surface area contributed by atoms with Crippen LogP contribution in [0.2, 0.25) is 0 Å². The lowest BCUT2D eigenvalue weighted by Gasteiger charge is -2.33. The predicted octanol–water partition coefficient (Wildman–Crippen LogP) is -0.571. The molecule has 1 N–H and O–H groups in total. The van der Waals surface area contributed by atoms with E-state index >= 15 is 0 Å². The van der Waals surface area contributed by atoms with E-state index in [-0.39, 0.29) is 17.9 Å². The molecule has 0 aromatic carbocycles. The van der Waals surface area contributed by atoms with Gasteiger partial charge in [-0.1, -0.05) is 0 Å². The maximum Gasteiger partial charge on any atom is 0.239 e. The van der Waals surface area contributed by atoms with Crippen LogP contribution in [0, 0.1) is 0 Å². The van der Waals surface area contributed by atoms with Crippen molar-refractivity contribution >= 4 is 11.8 Å². The summed E-state index contributed by atoms with van der Waals surface area (Å²) < 4.78 is 0. The van der Waals surface area contributed by atoms with Gasteiger partial charge in [0.2, 0.25) is 11.8 Å². The second kappa shape index (κ2) is 4.82. The first-order valence-electron chi connectivity index (χ1n) is 5.98. The van der Waals surface area contributed by atoms with Crippen LogP contribution >= 0.6 is 0 Å². The molecule has 0 aromatic rings. The Labute approximate surface area is 95.8 Å². The zero-order chi connectivity index (χ0) is 11.5. The summed E-state index contributed by atoms with van der Waals surface area (Å²) in [7, 11) is 0. The summed E-state index contributed by atoms with van der Waals surface area (Å²) >= 11 is 0. The number of hydrogen-bond donors (Lipinski definition) is 1. The van der Waals surface area contributed by atoms with Crippen LogP contribution in [0.1, 0.15) is 19.8 Å². The maximum atomic E-state index is 12.1. The maximum absolute atomic E-state index is 12.1. The third-order valence-electron chi connectivity index (χ3n) is 3.39. The fourth-order valence-electron chi connectivity index (χ4n) is 2.35. The van der Waals surface area contributed by atoms with Crippen molar-refractivity contribution in [3.8, 4) is 0 Å². The number of amides is 2. The zero-order valence-corrected chi connectivity index (χ0v) is 9.74. The Bertz CT molecular complexity index is 287. The molecule has 5 nitrogen and oxygen atoms in total. The first kappa shape index (κ1) is 11.4. The van der Waals surface area contributed by atoms with Crippen LogP contribution in [0.15, 0.2) is 0 Å². The van der Waals surface area contributed by atoms with E-state index in [1.807, 2.05) is 16.7 Å². The number of piperazine rings is 1. The molecule has 0 bridgehead atoms. The van der Waals surface area contributed by atoms with Crippen molar-refractivity contribution in [3.05, 3.63) is 0 Å². The molecule has 0 aromatic heterocycles. The minimum atomic E-state index is -0.163. The van der Waals surface area contributed by atoms with E-state index in [9.17, 15) is 9.59 Å². The average Bonchev–Trinajstić information content (AvgIpc) is 2.80. The van der Waals surface area contributed by atoms with E-state index < -0.39 is 0 Å². The number of nitrogens with one attached hydrogen (secondary N) is 1. The van der Waals surface area contributed by atoms with Gasteiger partial charge in [-0.2, -0.15) is 0 Å². The van der Waals surface area contributed by atoms with Gasteiger partial charge >= 0.3 is 0 Å². The van der Waals surface area contributed by atoms with Crippen LogP contribution in [0.25, 0.3) is 0 Å². The van der Waals surface area contributed by atoms with E-state index in [2.05, 4.69) is 5.32 Å². The average molecular weight is 225 g/mol. The summed E-state index contributed by atoms with van der Waals surface area (Å²) in [6.45, 7) is 5.43. The number of nitrogens with zero attached hydrogens (tertiary/aromatic N) is 2. The molecule has 0 radical (unpaired) electrons. The lowest BCUT2D eigenvalue weighted by atomic mass is 10.2. The van der Waals surface area contributed by atoms with Crippen LogP contribution in [-0.2, 0) is 9.59 Å². The topological polar surface area (TPSA) is 52.7 Å². The Balaban J connectivity index is 1.92. The normalized spacial score (nSPS) is 24.3. The molecule has 16 heavy (non-hydrogen) atoms. The molecule has 2 saturated heterocycles. The number of rotatable bonds is 2. The summed E-state index contributed by atoms with van der Waals surface area (Å²) in [5, 5.41) is 2.77. The van der Waals surface area contributed by atoms with Gasteiger partial charge in [-0.15, -0.1) is 0 Å². The molecule has 1 atom stereocenters. The van der Waals surface area contributed by atoms with Gasteiger partial charge < -0.3 is 10.2 Å². The van der Waals surface area contributed by atoms with Gasteiger partial charge in [0.1, 0.15) is 0 Å². The van der Waals surface area contributed by atoms with Crippen LogP contribution < -0.4 is 5.32 Å². The van der Waals surface area contributed by atoms with Crippen LogP contribution in [0.5, 0.6) is 0 Å². The van der Waals surface area contributed by atoms with Gasteiger partial charge in [0.05, 0.1) is 12.6 Å². The van der Waals surface area contributed by atoms with Crippen molar-refractivity contribution in [2.45, 2.75) is 25.8 Å². The standard InChI is InChI=1S/C11H19N3O2/c1-9(11(16)13-5-2-3-6-13)14-7-4-12-10(15)8-14/h9H,2-8H2,1H3,(H,12,15).